The summed E-state index contributed by atoms with van der Waals surface area (Å²) in [4.78, 5) is 21.1. The minimum atomic E-state index is -1.21. The molecule has 0 aromatic heterocycles. The van der Waals surface area contributed by atoms with Gasteiger partial charge in [-0.05, 0) is 12.1 Å². The third-order valence-electron chi connectivity index (χ3n) is 1.55. The average Bonchev–Trinajstić information content (AvgIpc) is 2.01. The van der Waals surface area contributed by atoms with Crippen LogP contribution in [-0.2, 0) is 4.79 Å². The fourth-order valence-corrected chi connectivity index (χ4v) is 0.994. The van der Waals surface area contributed by atoms with E-state index in [9.17, 15) is 14.7 Å². The van der Waals surface area contributed by atoms with Gasteiger partial charge in [-0.2, -0.15) is 0 Å². The molecule has 0 fully saturated rings. The Balaban J connectivity index is 0.00000196. The Morgan fingerprint density at radius 1 is 1.33 bits per heavy atom. The predicted molar refractivity (Wildman–Crippen MR) is 57.9 cm³/mol. The van der Waals surface area contributed by atoms with Gasteiger partial charge in [0.25, 0.3) is 0 Å². The number of benzene rings is 1. The number of aromatic carboxylic acids is 1. The summed E-state index contributed by atoms with van der Waals surface area (Å²) in [5.41, 5.74) is 0.166. The first-order valence-corrected chi connectivity index (χ1v) is 3.84. The first-order chi connectivity index (χ1) is 6.50. The molecule has 15 heavy (non-hydrogen) atoms. The Bertz CT molecular complexity index is 392. The fraction of sp³-hybridized carbons (Fsp3) is 0.111. The SMILES string of the molecule is CC(=O)Nc1ccc(C(=O)O)c(O)c1.[PbH2]. The molecule has 0 heterocycles. The molecule has 1 aromatic carbocycles. The zero-order valence-electron chi connectivity index (χ0n) is 8.15. The molecule has 0 aliphatic carbocycles. The van der Waals surface area contributed by atoms with E-state index in [1.54, 1.807) is 0 Å². The van der Waals surface area contributed by atoms with E-state index in [0.29, 0.717) is 5.69 Å². The van der Waals surface area contributed by atoms with Crippen molar-refractivity contribution in [1.82, 2.24) is 0 Å². The van der Waals surface area contributed by atoms with Gasteiger partial charge in [-0.1, -0.05) is 0 Å². The number of carboxylic acids is 1. The molecule has 0 saturated carbocycles. The number of amides is 1. The van der Waals surface area contributed by atoms with E-state index in [2.05, 4.69) is 5.32 Å². The van der Waals surface area contributed by atoms with E-state index in [1.807, 2.05) is 0 Å². The monoisotopic (exact) mass is 405 g/mol. The van der Waals surface area contributed by atoms with Crippen molar-refractivity contribution < 1.29 is 19.8 Å². The van der Waals surface area contributed by atoms with Crippen LogP contribution in [0, 0.1) is 0 Å². The standard InChI is InChI=1S/C9H9NO4.Pb.2H/c1-5(11)10-6-2-3-7(9(13)14)8(12)4-6;;;/h2-4,12H,1H3,(H,10,11)(H,13,14);;;. The molecule has 1 aromatic rings. The maximum absolute atomic E-state index is 10.6. The predicted octanol–water partition coefficient (Wildman–Crippen LogP) is 0.133. The van der Waals surface area contributed by atoms with Crippen molar-refractivity contribution in [2.24, 2.45) is 0 Å². The Hall–Kier alpha value is -1.12. The Labute approximate surface area is 106 Å². The third-order valence-corrected chi connectivity index (χ3v) is 1.55. The third kappa shape index (κ3) is 3.86. The molecule has 0 spiro atoms. The Morgan fingerprint density at radius 2 is 1.93 bits per heavy atom. The van der Waals surface area contributed by atoms with Crippen LogP contribution in [0.15, 0.2) is 18.2 Å². The summed E-state index contributed by atoms with van der Waals surface area (Å²) in [6.45, 7) is 1.32. The van der Waals surface area contributed by atoms with Gasteiger partial charge in [0, 0.05) is 18.7 Å². The fourth-order valence-electron chi connectivity index (χ4n) is 0.994. The minimum absolute atomic E-state index is 0. The van der Waals surface area contributed by atoms with Gasteiger partial charge >= 0.3 is 33.3 Å². The Kier molecular flexibility index (Phi) is 5.26. The van der Waals surface area contributed by atoms with Crippen molar-refractivity contribution in [3.8, 4) is 5.75 Å². The summed E-state index contributed by atoms with van der Waals surface area (Å²) < 4.78 is 0. The number of anilines is 1. The molecule has 3 N–H and O–H groups in total. The summed E-state index contributed by atoms with van der Waals surface area (Å²) in [6, 6.07) is 3.82. The van der Waals surface area contributed by atoms with Crippen molar-refractivity contribution >= 4 is 44.9 Å². The summed E-state index contributed by atoms with van der Waals surface area (Å²) in [6.07, 6.45) is 0. The molecule has 5 nitrogen and oxygen atoms in total. The van der Waals surface area contributed by atoms with Crippen LogP contribution in [-0.4, -0.2) is 49.4 Å². The average molecular weight is 404 g/mol. The van der Waals surface area contributed by atoms with Crippen molar-refractivity contribution in [2.45, 2.75) is 6.92 Å². The van der Waals surface area contributed by atoms with E-state index in [0.717, 1.165) is 0 Å². The number of carboxylic acid groups (broad SMARTS) is 1. The first-order valence-electron chi connectivity index (χ1n) is 3.84. The van der Waals surface area contributed by atoms with Crippen LogP contribution in [0.3, 0.4) is 0 Å². The number of carbonyl (C=O) groups is 2. The molecule has 0 unspecified atom stereocenters. The van der Waals surface area contributed by atoms with Crippen LogP contribution in [0.2, 0.25) is 0 Å². The van der Waals surface area contributed by atoms with Gasteiger partial charge in [-0.25, -0.2) is 4.79 Å². The molecule has 0 bridgehead atoms. The van der Waals surface area contributed by atoms with Crippen molar-refractivity contribution in [2.75, 3.05) is 5.32 Å². The van der Waals surface area contributed by atoms with Gasteiger partial charge in [0.15, 0.2) is 0 Å². The van der Waals surface area contributed by atoms with Gasteiger partial charge < -0.3 is 15.5 Å². The summed E-state index contributed by atoms with van der Waals surface area (Å²) >= 11 is 0. The molecule has 1 rings (SSSR count). The van der Waals surface area contributed by atoms with Crippen LogP contribution in [0.25, 0.3) is 0 Å². The second-order valence-corrected chi connectivity index (χ2v) is 2.72. The summed E-state index contributed by atoms with van der Waals surface area (Å²) in [7, 11) is 0. The number of nitrogens with one attached hydrogen (secondary N) is 1. The topological polar surface area (TPSA) is 86.6 Å². The quantitative estimate of drug-likeness (QED) is 0.612. The molecular formula is C9H11NO4Pb. The second kappa shape index (κ2) is 5.69. The number of carbonyl (C=O) groups excluding carboxylic acids is 1. The molecule has 0 aliphatic rings. The molecule has 80 valence electrons. The summed E-state index contributed by atoms with van der Waals surface area (Å²) in [5, 5.41) is 20.3. The zero-order chi connectivity index (χ0) is 10.7. The summed E-state index contributed by atoms with van der Waals surface area (Å²) in [5.74, 6) is -1.87. The van der Waals surface area contributed by atoms with Gasteiger partial charge in [-0.3, -0.25) is 4.79 Å². The first kappa shape index (κ1) is 13.9. The van der Waals surface area contributed by atoms with Crippen LogP contribution in [0.5, 0.6) is 5.75 Å². The second-order valence-electron chi connectivity index (χ2n) is 2.72. The van der Waals surface area contributed by atoms with E-state index in [4.69, 9.17) is 5.11 Å². The maximum atomic E-state index is 10.6. The van der Waals surface area contributed by atoms with E-state index < -0.39 is 5.97 Å². The molecule has 6 heteroatoms. The van der Waals surface area contributed by atoms with Crippen molar-refractivity contribution in [3.05, 3.63) is 23.8 Å². The van der Waals surface area contributed by atoms with Crippen LogP contribution in [0.1, 0.15) is 17.3 Å². The van der Waals surface area contributed by atoms with Gasteiger partial charge in [0.1, 0.15) is 11.3 Å². The molecule has 0 aliphatic heterocycles. The van der Waals surface area contributed by atoms with E-state index in [-0.39, 0.29) is 44.5 Å². The molecular weight excluding hydrogens is 393 g/mol. The molecule has 2 radical (unpaired) electrons. The van der Waals surface area contributed by atoms with Gasteiger partial charge in [-0.15, -0.1) is 0 Å². The molecule has 0 atom stereocenters. The van der Waals surface area contributed by atoms with E-state index in [1.165, 1.54) is 25.1 Å². The van der Waals surface area contributed by atoms with Crippen molar-refractivity contribution in [1.29, 1.82) is 0 Å². The number of hydrogen-bond donors (Lipinski definition) is 3. The molecule has 1 amide bonds. The number of phenols is 1. The zero-order valence-corrected chi connectivity index (χ0v) is 13.6. The van der Waals surface area contributed by atoms with Crippen molar-refractivity contribution in [3.63, 3.8) is 0 Å². The number of aromatic hydroxyl groups is 1. The van der Waals surface area contributed by atoms with Gasteiger partial charge in [0.05, 0.1) is 0 Å². The van der Waals surface area contributed by atoms with Gasteiger partial charge in [0.2, 0.25) is 5.91 Å². The normalized spacial score (nSPS) is 8.87. The van der Waals surface area contributed by atoms with Crippen LogP contribution >= 0.6 is 0 Å². The Morgan fingerprint density at radius 3 is 2.33 bits per heavy atom. The van der Waals surface area contributed by atoms with Crippen LogP contribution < -0.4 is 5.32 Å². The molecule has 0 saturated heterocycles. The van der Waals surface area contributed by atoms with Crippen LogP contribution in [0.4, 0.5) is 5.69 Å². The van der Waals surface area contributed by atoms with E-state index >= 15 is 0 Å². The number of rotatable bonds is 2. The number of hydrogen-bond acceptors (Lipinski definition) is 3.